The van der Waals surface area contributed by atoms with Crippen LogP contribution in [0.2, 0.25) is 0 Å². The van der Waals surface area contributed by atoms with Gasteiger partial charge in [0, 0.05) is 38.4 Å². The van der Waals surface area contributed by atoms with Crippen molar-refractivity contribution in [3.63, 3.8) is 0 Å². The van der Waals surface area contributed by atoms with E-state index in [1.54, 1.807) is 0 Å². The molecule has 0 bridgehead atoms. The Morgan fingerprint density at radius 3 is 2.50 bits per heavy atom. The molecule has 1 aromatic heterocycles. The quantitative estimate of drug-likeness (QED) is 0.573. The van der Waals surface area contributed by atoms with Crippen LogP contribution in [0.1, 0.15) is 56.5 Å². The molecule has 1 aromatic rings. The van der Waals surface area contributed by atoms with Gasteiger partial charge in [0.1, 0.15) is 0 Å². The minimum absolute atomic E-state index is 0.723. The van der Waals surface area contributed by atoms with Crippen molar-refractivity contribution in [3.8, 4) is 0 Å². The second kappa shape index (κ2) is 9.49. The Hall–Kier alpha value is -1.52. The molecule has 22 heavy (non-hydrogen) atoms. The zero-order valence-electron chi connectivity index (χ0n) is 15.2. The van der Waals surface area contributed by atoms with Crippen LogP contribution in [0.5, 0.6) is 0 Å². The number of rotatable bonds is 8. The summed E-state index contributed by atoms with van der Waals surface area (Å²) in [5, 5.41) is 11.3. The zero-order chi connectivity index (χ0) is 16.5. The lowest BCUT2D eigenvalue weighted by atomic mass is 9.99. The molecule has 0 fully saturated rings. The van der Waals surface area contributed by atoms with Crippen molar-refractivity contribution in [1.29, 1.82) is 0 Å². The normalized spacial score (nSPS) is 13.3. The van der Waals surface area contributed by atoms with Crippen LogP contribution in [0.3, 0.4) is 0 Å². The lowest BCUT2D eigenvalue weighted by Gasteiger charge is -2.18. The van der Waals surface area contributed by atoms with Crippen LogP contribution in [-0.2, 0) is 13.6 Å². The van der Waals surface area contributed by atoms with Gasteiger partial charge in [-0.3, -0.25) is 9.67 Å². The average Bonchev–Trinajstić information content (AvgIpc) is 2.75. The maximum atomic E-state index is 4.45. The number of guanidine groups is 1. The van der Waals surface area contributed by atoms with E-state index in [-0.39, 0.29) is 0 Å². The molecule has 0 aromatic carbocycles. The number of nitrogens with one attached hydrogen (secondary N) is 2. The molecule has 2 N–H and O–H groups in total. The standard InChI is InChI=1S/C17H33N5/c1-7-9-10-15(8-2)11-19-17(18-5)20-12-16-13(3)21-22(6)14(16)4/h15H,7-12H2,1-6H3,(H2,18,19,20). The fourth-order valence-corrected chi connectivity index (χ4v) is 2.65. The molecule has 0 saturated carbocycles. The fourth-order valence-electron chi connectivity index (χ4n) is 2.65. The highest BCUT2D eigenvalue weighted by molar-refractivity contribution is 5.79. The summed E-state index contributed by atoms with van der Waals surface area (Å²) in [6.07, 6.45) is 5.08. The minimum Gasteiger partial charge on any atom is -0.356 e. The summed E-state index contributed by atoms with van der Waals surface area (Å²) in [7, 11) is 3.81. The van der Waals surface area contributed by atoms with Gasteiger partial charge < -0.3 is 10.6 Å². The summed E-state index contributed by atoms with van der Waals surface area (Å²) in [6, 6.07) is 0. The first kappa shape index (κ1) is 18.5. The highest BCUT2D eigenvalue weighted by Gasteiger charge is 2.11. The molecular formula is C17H33N5. The molecule has 0 spiro atoms. The topological polar surface area (TPSA) is 54.2 Å². The summed E-state index contributed by atoms with van der Waals surface area (Å²) in [4.78, 5) is 4.32. The molecule has 1 rings (SSSR count). The number of hydrogen-bond donors (Lipinski definition) is 2. The van der Waals surface area contributed by atoms with Crippen molar-refractivity contribution in [1.82, 2.24) is 20.4 Å². The van der Waals surface area contributed by atoms with E-state index < -0.39 is 0 Å². The summed E-state index contributed by atoms with van der Waals surface area (Å²) in [5.41, 5.74) is 3.54. The zero-order valence-corrected chi connectivity index (χ0v) is 15.2. The van der Waals surface area contributed by atoms with Gasteiger partial charge in [-0.15, -0.1) is 0 Å². The second-order valence-electron chi connectivity index (χ2n) is 6.00. The van der Waals surface area contributed by atoms with E-state index in [1.165, 1.54) is 36.9 Å². The molecule has 1 atom stereocenters. The van der Waals surface area contributed by atoms with Gasteiger partial charge in [0.25, 0.3) is 0 Å². The van der Waals surface area contributed by atoms with Crippen molar-refractivity contribution in [2.24, 2.45) is 18.0 Å². The van der Waals surface area contributed by atoms with E-state index in [0.717, 1.165) is 30.7 Å². The molecule has 0 aliphatic heterocycles. The summed E-state index contributed by atoms with van der Waals surface area (Å²) < 4.78 is 1.93. The first-order valence-corrected chi connectivity index (χ1v) is 8.46. The number of nitrogens with zero attached hydrogens (tertiary/aromatic N) is 3. The highest BCUT2D eigenvalue weighted by atomic mass is 15.3. The highest BCUT2D eigenvalue weighted by Crippen LogP contribution is 2.12. The molecule has 0 radical (unpaired) electrons. The van der Waals surface area contributed by atoms with Crippen LogP contribution in [0.25, 0.3) is 0 Å². The first-order chi connectivity index (χ1) is 10.5. The Bertz CT molecular complexity index is 476. The van der Waals surface area contributed by atoms with Crippen molar-refractivity contribution >= 4 is 5.96 Å². The number of aromatic nitrogens is 2. The van der Waals surface area contributed by atoms with E-state index in [4.69, 9.17) is 0 Å². The number of aliphatic imine (C=N–C) groups is 1. The molecular weight excluding hydrogens is 274 g/mol. The van der Waals surface area contributed by atoms with Crippen LogP contribution >= 0.6 is 0 Å². The predicted molar refractivity (Wildman–Crippen MR) is 94.2 cm³/mol. The fraction of sp³-hybridized carbons (Fsp3) is 0.765. The third-order valence-electron chi connectivity index (χ3n) is 4.42. The number of hydrogen-bond acceptors (Lipinski definition) is 2. The van der Waals surface area contributed by atoms with Crippen LogP contribution in [0, 0.1) is 19.8 Å². The Morgan fingerprint density at radius 2 is 2.00 bits per heavy atom. The lowest BCUT2D eigenvalue weighted by Crippen LogP contribution is -2.39. The number of aryl methyl sites for hydroxylation is 2. The monoisotopic (exact) mass is 307 g/mol. The molecule has 5 nitrogen and oxygen atoms in total. The van der Waals surface area contributed by atoms with Gasteiger partial charge in [-0.25, -0.2) is 0 Å². The predicted octanol–water partition coefficient (Wildman–Crippen LogP) is 2.92. The second-order valence-corrected chi connectivity index (χ2v) is 6.00. The molecule has 0 saturated heterocycles. The maximum absolute atomic E-state index is 4.45. The van der Waals surface area contributed by atoms with Crippen LogP contribution in [-0.4, -0.2) is 29.3 Å². The van der Waals surface area contributed by atoms with Crippen LogP contribution in [0.15, 0.2) is 4.99 Å². The Morgan fingerprint density at radius 1 is 1.27 bits per heavy atom. The van der Waals surface area contributed by atoms with Crippen LogP contribution < -0.4 is 10.6 Å². The van der Waals surface area contributed by atoms with Crippen molar-refractivity contribution in [2.75, 3.05) is 13.6 Å². The van der Waals surface area contributed by atoms with Crippen molar-refractivity contribution in [2.45, 2.75) is 59.9 Å². The van der Waals surface area contributed by atoms with Gasteiger partial charge in [-0.2, -0.15) is 5.10 Å². The smallest absolute Gasteiger partial charge is 0.191 e. The van der Waals surface area contributed by atoms with E-state index in [9.17, 15) is 0 Å². The van der Waals surface area contributed by atoms with E-state index in [0.29, 0.717) is 0 Å². The van der Waals surface area contributed by atoms with Crippen molar-refractivity contribution in [3.05, 3.63) is 17.0 Å². The van der Waals surface area contributed by atoms with E-state index >= 15 is 0 Å². The summed E-state index contributed by atoms with van der Waals surface area (Å²) in [5.74, 6) is 1.60. The summed E-state index contributed by atoms with van der Waals surface area (Å²) >= 11 is 0. The number of unbranched alkanes of at least 4 members (excludes halogenated alkanes) is 1. The average molecular weight is 307 g/mol. The summed E-state index contributed by atoms with van der Waals surface area (Å²) in [6.45, 7) is 10.4. The molecule has 0 aliphatic rings. The molecule has 0 amide bonds. The van der Waals surface area contributed by atoms with Gasteiger partial charge in [-0.1, -0.05) is 33.1 Å². The van der Waals surface area contributed by atoms with Gasteiger partial charge in [0.15, 0.2) is 5.96 Å². The van der Waals surface area contributed by atoms with Crippen molar-refractivity contribution < 1.29 is 0 Å². The minimum atomic E-state index is 0.723. The van der Waals surface area contributed by atoms with Gasteiger partial charge >= 0.3 is 0 Å². The molecule has 5 heteroatoms. The first-order valence-electron chi connectivity index (χ1n) is 8.46. The van der Waals surface area contributed by atoms with Crippen LogP contribution in [0.4, 0.5) is 0 Å². The Balaban J connectivity index is 2.49. The third kappa shape index (κ3) is 5.35. The largest absolute Gasteiger partial charge is 0.356 e. The molecule has 126 valence electrons. The maximum Gasteiger partial charge on any atom is 0.191 e. The third-order valence-corrected chi connectivity index (χ3v) is 4.42. The van der Waals surface area contributed by atoms with Gasteiger partial charge in [-0.05, 0) is 26.2 Å². The molecule has 1 heterocycles. The molecule has 1 unspecified atom stereocenters. The van der Waals surface area contributed by atoms with Gasteiger partial charge in [0.2, 0.25) is 0 Å². The molecule has 0 aliphatic carbocycles. The Labute approximate surface area is 135 Å². The lowest BCUT2D eigenvalue weighted by molar-refractivity contribution is 0.443. The van der Waals surface area contributed by atoms with E-state index in [2.05, 4.69) is 48.4 Å². The van der Waals surface area contributed by atoms with E-state index in [1.807, 2.05) is 18.8 Å². The SMILES string of the molecule is CCCCC(CC)CNC(=NC)NCc1c(C)nn(C)c1C. The Kier molecular flexibility index (Phi) is 7.99. The van der Waals surface area contributed by atoms with Gasteiger partial charge in [0.05, 0.1) is 5.69 Å².